The summed E-state index contributed by atoms with van der Waals surface area (Å²) in [5.74, 6) is 0.178. The standard InChI is InChI=1S/C17H26N2O2S/c1-14(20)18-12-6-4-5-7-17(21)19(2)13-15-8-10-16(22-3)11-9-15/h8-11H,4-7,12-13H2,1-3H3,(H,18,20). The van der Waals surface area contributed by atoms with Gasteiger partial charge in [-0.1, -0.05) is 18.6 Å². The van der Waals surface area contributed by atoms with Crippen LogP contribution in [0.4, 0.5) is 0 Å². The average Bonchev–Trinajstić information content (AvgIpc) is 2.50. The third-order valence-corrected chi connectivity index (χ3v) is 4.19. The maximum Gasteiger partial charge on any atom is 0.222 e. The van der Waals surface area contributed by atoms with Crippen molar-refractivity contribution in [2.45, 2.75) is 44.0 Å². The number of carbonyl (C=O) groups excluding carboxylic acids is 2. The van der Waals surface area contributed by atoms with Gasteiger partial charge in [0.1, 0.15) is 0 Å². The zero-order valence-corrected chi connectivity index (χ0v) is 14.5. The van der Waals surface area contributed by atoms with Gasteiger partial charge in [-0.15, -0.1) is 11.8 Å². The highest BCUT2D eigenvalue weighted by Gasteiger charge is 2.08. The summed E-state index contributed by atoms with van der Waals surface area (Å²) in [5, 5.41) is 2.76. The van der Waals surface area contributed by atoms with E-state index in [-0.39, 0.29) is 11.8 Å². The van der Waals surface area contributed by atoms with Crippen LogP contribution in [0.2, 0.25) is 0 Å². The molecule has 0 unspecified atom stereocenters. The van der Waals surface area contributed by atoms with E-state index in [4.69, 9.17) is 0 Å². The molecule has 0 bridgehead atoms. The molecule has 0 aliphatic rings. The van der Waals surface area contributed by atoms with E-state index in [1.54, 1.807) is 16.7 Å². The molecule has 0 heterocycles. The molecular formula is C17H26N2O2S. The Kier molecular flexibility index (Phi) is 8.67. The first kappa shape index (κ1) is 18.6. The molecule has 2 amide bonds. The summed E-state index contributed by atoms with van der Waals surface area (Å²) >= 11 is 1.72. The number of nitrogens with zero attached hydrogens (tertiary/aromatic N) is 1. The third kappa shape index (κ3) is 7.50. The van der Waals surface area contributed by atoms with E-state index in [9.17, 15) is 9.59 Å². The number of hydrogen-bond donors (Lipinski definition) is 1. The Balaban J connectivity index is 2.22. The van der Waals surface area contributed by atoms with Crippen molar-refractivity contribution in [3.8, 4) is 0 Å². The van der Waals surface area contributed by atoms with Crippen molar-refractivity contribution in [2.24, 2.45) is 0 Å². The van der Waals surface area contributed by atoms with Gasteiger partial charge in [-0.05, 0) is 36.8 Å². The summed E-state index contributed by atoms with van der Waals surface area (Å²) in [7, 11) is 1.85. The van der Waals surface area contributed by atoms with Crippen LogP contribution in [0, 0.1) is 0 Å². The average molecular weight is 322 g/mol. The van der Waals surface area contributed by atoms with E-state index in [0.29, 0.717) is 19.5 Å². The van der Waals surface area contributed by atoms with Gasteiger partial charge in [-0.2, -0.15) is 0 Å². The Morgan fingerprint density at radius 2 is 1.82 bits per heavy atom. The summed E-state index contributed by atoms with van der Waals surface area (Å²) in [6.45, 7) is 2.87. The molecule has 1 aromatic carbocycles. The molecule has 0 spiro atoms. The van der Waals surface area contributed by atoms with Crippen LogP contribution >= 0.6 is 11.8 Å². The van der Waals surface area contributed by atoms with Gasteiger partial charge in [0.2, 0.25) is 11.8 Å². The number of carbonyl (C=O) groups is 2. The van der Waals surface area contributed by atoms with Crippen LogP contribution < -0.4 is 5.32 Å². The molecule has 0 atom stereocenters. The Hall–Kier alpha value is -1.49. The highest BCUT2D eigenvalue weighted by molar-refractivity contribution is 7.98. The fourth-order valence-corrected chi connectivity index (χ4v) is 2.53. The summed E-state index contributed by atoms with van der Waals surface area (Å²) in [6.07, 6.45) is 5.37. The maximum absolute atomic E-state index is 12.1. The molecule has 0 aliphatic carbocycles. The number of hydrogen-bond acceptors (Lipinski definition) is 3. The van der Waals surface area contributed by atoms with Crippen LogP contribution in [0.15, 0.2) is 29.2 Å². The minimum Gasteiger partial charge on any atom is -0.356 e. The van der Waals surface area contributed by atoms with Crippen LogP contribution in [-0.2, 0) is 16.1 Å². The fraction of sp³-hybridized carbons (Fsp3) is 0.529. The molecule has 22 heavy (non-hydrogen) atoms. The minimum atomic E-state index is 0.00306. The Morgan fingerprint density at radius 1 is 1.14 bits per heavy atom. The molecule has 0 saturated heterocycles. The van der Waals surface area contributed by atoms with Crippen LogP contribution in [0.1, 0.15) is 38.2 Å². The van der Waals surface area contributed by atoms with E-state index in [1.807, 2.05) is 7.05 Å². The van der Waals surface area contributed by atoms with Crippen molar-refractivity contribution in [3.63, 3.8) is 0 Å². The lowest BCUT2D eigenvalue weighted by Crippen LogP contribution is -2.26. The number of benzene rings is 1. The van der Waals surface area contributed by atoms with E-state index < -0.39 is 0 Å². The largest absolute Gasteiger partial charge is 0.356 e. The zero-order valence-electron chi connectivity index (χ0n) is 13.7. The zero-order chi connectivity index (χ0) is 16.4. The lowest BCUT2D eigenvalue weighted by Gasteiger charge is -2.17. The van der Waals surface area contributed by atoms with E-state index in [1.165, 1.54) is 11.8 Å². The van der Waals surface area contributed by atoms with Gasteiger partial charge >= 0.3 is 0 Å². The molecule has 0 saturated carbocycles. The second-order valence-corrected chi connectivity index (χ2v) is 6.27. The fourth-order valence-electron chi connectivity index (χ4n) is 2.13. The third-order valence-electron chi connectivity index (χ3n) is 3.45. The summed E-state index contributed by atoms with van der Waals surface area (Å²) in [6, 6.07) is 8.31. The van der Waals surface area contributed by atoms with Gasteiger partial charge in [0.15, 0.2) is 0 Å². The van der Waals surface area contributed by atoms with Crippen LogP contribution in [0.5, 0.6) is 0 Å². The van der Waals surface area contributed by atoms with Crippen LogP contribution in [-0.4, -0.2) is 36.6 Å². The number of thioether (sulfide) groups is 1. The topological polar surface area (TPSA) is 49.4 Å². The lowest BCUT2D eigenvalue weighted by atomic mass is 10.1. The highest BCUT2D eigenvalue weighted by atomic mass is 32.2. The second kappa shape index (κ2) is 10.3. The van der Waals surface area contributed by atoms with E-state index in [2.05, 4.69) is 35.8 Å². The Labute approximate surface area is 137 Å². The molecule has 4 nitrogen and oxygen atoms in total. The van der Waals surface area contributed by atoms with Gasteiger partial charge < -0.3 is 10.2 Å². The molecule has 0 aromatic heterocycles. The molecule has 0 aliphatic heterocycles. The predicted molar refractivity (Wildman–Crippen MR) is 91.8 cm³/mol. The van der Waals surface area contributed by atoms with Crippen molar-refractivity contribution in [3.05, 3.63) is 29.8 Å². The van der Waals surface area contributed by atoms with Crippen molar-refractivity contribution >= 4 is 23.6 Å². The first-order valence-corrected chi connectivity index (χ1v) is 8.86. The molecule has 0 fully saturated rings. The van der Waals surface area contributed by atoms with Gasteiger partial charge in [0.25, 0.3) is 0 Å². The minimum absolute atomic E-state index is 0.00306. The number of nitrogens with one attached hydrogen (secondary N) is 1. The SMILES string of the molecule is CSc1ccc(CN(C)C(=O)CCCCCNC(C)=O)cc1. The lowest BCUT2D eigenvalue weighted by molar-refractivity contribution is -0.130. The van der Waals surface area contributed by atoms with Crippen molar-refractivity contribution in [2.75, 3.05) is 19.8 Å². The maximum atomic E-state index is 12.1. The Bertz CT molecular complexity index is 474. The smallest absolute Gasteiger partial charge is 0.222 e. The molecular weight excluding hydrogens is 296 g/mol. The van der Waals surface area contributed by atoms with Crippen LogP contribution in [0.25, 0.3) is 0 Å². The first-order chi connectivity index (χ1) is 10.5. The molecule has 5 heteroatoms. The summed E-state index contributed by atoms with van der Waals surface area (Å²) in [4.78, 5) is 25.8. The Morgan fingerprint density at radius 3 is 2.41 bits per heavy atom. The molecule has 122 valence electrons. The van der Waals surface area contributed by atoms with Gasteiger partial charge in [-0.3, -0.25) is 9.59 Å². The van der Waals surface area contributed by atoms with Crippen molar-refractivity contribution < 1.29 is 9.59 Å². The number of rotatable bonds is 9. The van der Waals surface area contributed by atoms with Crippen LogP contribution in [0.3, 0.4) is 0 Å². The van der Waals surface area contributed by atoms with Gasteiger partial charge in [0, 0.05) is 38.4 Å². The van der Waals surface area contributed by atoms with Crippen molar-refractivity contribution in [1.82, 2.24) is 10.2 Å². The van der Waals surface area contributed by atoms with Crippen molar-refractivity contribution in [1.29, 1.82) is 0 Å². The molecule has 1 aromatic rings. The predicted octanol–water partition coefficient (Wildman–Crippen LogP) is 3.06. The summed E-state index contributed by atoms with van der Waals surface area (Å²) < 4.78 is 0. The monoisotopic (exact) mass is 322 g/mol. The molecule has 1 N–H and O–H groups in total. The molecule has 0 radical (unpaired) electrons. The number of amides is 2. The quantitative estimate of drug-likeness (QED) is 0.561. The van der Waals surface area contributed by atoms with Gasteiger partial charge in [0.05, 0.1) is 0 Å². The van der Waals surface area contributed by atoms with E-state index in [0.717, 1.165) is 24.8 Å². The van der Waals surface area contributed by atoms with E-state index >= 15 is 0 Å². The molecule has 1 rings (SSSR count). The number of unbranched alkanes of at least 4 members (excludes halogenated alkanes) is 2. The highest BCUT2D eigenvalue weighted by Crippen LogP contribution is 2.16. The normalized spacial score (nSPS) is 10.3. The summed E-state index contributed by atoms with van der Waals surface area (Å²) in [5.41, 5.74) is 1.15. The van der Waals surface area contributed by atoms with Gasteiger partial charge in [-0.25, -0.2) is 0 Å². The first-order valence-electron chi connectivity index (χ1n) is 7.64. The second-order valence-electron chi connectivity index (χ2n) is 5.39.